The first-order valence-electron chi connectivity index (χ1n) is 4.32. The highest BCUT2D eigenvalue weighted by Gasteiger charge is 1.86. The highest BCUT2D eigenvalue weighted by molar-refractivity contribution is 5.60. The van der Waals surface area contributed by atoms with E-state index in [2.05, 4.69) is 18.7 Å². The van der Waals surface area contributed by atoms with E-state index in [0.717, 1.165) is 5.57 Å². The van der Waals surface area contributed by atoms with Gasteiger partial charge in [0.25, 0.3) is 0 Å². The summed E-state index contributed by atoms with van der Waals surface area (Å²) in [6.45, 7) is 5.83. The molecule has 0 bridgehead atoms. The van der Waals surface area contributed by atoms with Crippen molar-refractivity contribution in [1.82, 2.24) is 0 Å². The molecule has 0 spiro atoms. The summed E-state index contributed by atoms with van der Waals surface area (Å²) in [7, 11) is 0. The molecule has 1 aromatic carbocycles. The normalized spacial score (nSPS) is 7.59. The van der Waals surface area contributed by atoms with Crippen LogP contribution in [0.5, 0.6) is 0 Å². The Bertz CT molecular complexity index is 337. The molecule has 0 saturated carbocycles. The van der Waals surface area contributed by atoms with Crippen molar-refractivity contribution in [2.75, 3.05) is 0 Å². The molecule has 4 N–H and O–H groups in total. The van der Waals surface area contributed by atoms with Crippen molar-refractivity contribution >= 4 is 17.9 Å². The minimum atomic E-state index is -1.83. The zero-order valence-electron chi connectivity index (χ0n) is 9.20. The van der Waals surface area contributed by atoms with Crippen LogP contribution in [-0.4, -0.2) is 32.7 Å². The molecule has 0 atom stereocenters. The van der Waals surface area contributed by atoms with Gasteiger partial charge in [-0.15, -0.1) is 0 Å². The number of hydrogen-bond acceptors (Lipinski definition) is 2. The first-order chi connectivity index (χ1) is 7.77. The summed E-state index contributed by atoms with van der Waals surface area (Å²) in [6.07, 6.45) is -3.67. The third-order valence-electron chi connectivity index (χ3n) is 1.27. The second kappa shape index (κ2) is 10.0. The van der Waals surface area contributed by atoms with E-state index in [1.54, 1.807) is 0 Å². The summed E-state index contributed by atoms with van der Waals surface area (Å²) in [5.74, 6) is 0. The Balaban J connectivity index is 0. The van der Waals surface area contributed by atoms with Crippen molar-refractivity contribution < 1.29 is 30.0 Å². The van der Waals surface area contributed by atoms with Crippen LogP contribution in [0.3, 0.4) is 0 Å². The number of allylic oxidation sites excluding steroid dienone is 1. The van der Waals surface area contributed by atoms with E-state index in [1.807, 2.05) is 25.1 Å². The Morgan fingerprint density at radius 3 is 1.41 bits per heavy atom. The van der Waals surface area contributed by atoms with E-state index in [1.165, 1.54) is 5.56 Å². The van der Waals surface area contributed by atoms with E-state index < -0.39 is 12.3 Å². The Hall–Kier alpha value is -2.50. The largest absolute Gasteiger partial charge is 0.503 e. The molecule has 0 amide bonds. The molecule has 0 radical (unpaired) electrons. The van der Waals surface area contributed by atoms with Crippen LogP contribution in [0.25, 0.3) is 5.57 Å². The summed E-state index contributed by atoms with van der Waals surface area (Å²) in [5, 5.41) is 27.9. The van der Waals surface area contributed by atoms with Gasteiger partial charge in [-0.05, 0) is 12.5 Å². The SMILES string of the molecule is C=C(C)c1ccccc1.O=C(O)O.O=C(O)O. The quantitative estimate of drug-likeness (QED) is 0.601. The molecule has 0 fully saturated rings. The lowest BCUT2D eigenvalue weighted by molar-refractivity contribution is 0.135. The van der Waals surface area contributed by atoms with Crippen molar-refractivity contribution in [3.63, 3.8) is 0 Å². The van der Waals surface area contributed by atoms with Crippen molar-refractivity contribution in [3.05, 3.63) is 42.5 Å². The molecule has 94 valence electrons. The van der Waals surface area contributed by atoms with Crippen LogP contribution in [0.4, 0.5) is 9.59 Å². The van der Waals surface area contributed by atoms with Crippen molar-refractivity contribution in [2.24, 2.45) is 0 Å². The second-order valence-electron chi connectivity index (χ2n) is 2.71. The lowest BCUT2D eigenvalue weighted by Crippen LogP contribution is -1.81. The summed E-state index contributed by atoms with van der Waals surface area (Å²) < 4.78 is 0. The zero-order chi connectivity index (χ0) is 13.8. The van der Waals surface area contributed by atoms with E-state index in [9.17, 15) is 0 Å². The van der Waals surface area contributed by atoms with Gasteiger partial charge in [-0.2, -0.15) is 0 Å². The first kappa shape index (κ1) is 16.9. The highest BCUT2D eigenvalue weighted by Crippen LogP contribution is 2.08. The minimum absolute atomic E-state index is 1.12. The molecule has 0 aliphatic carbocycles. The van der Waals surface area contributed by atoms with Crippen LogP contribution in [-0.2, 0) is 0 Å². The van der Waals surface area contributed by atoms with Gasteiger partial charge in [0.15, 0.2) is 0 Å². The fourth-order valence-electron chi connectivity index (χ4n) is 0.723. The molecular formula is C11H14O6. The fourth-order valence-corrected chi connectivity index (χ4v) is 0.723. The molecule has 0 saturated heterocycles. The number of rotatable bonds is 1. The van der Waals surface area contributed by atoms with E-state index in [-0.39, 0.29) is 0 Å². The predicted octanol–water partition coefficient (Wildman–Crippen LogP) is 3.16. The third-order valence-corrected chi connectivity index (χ3v) is 1.27. The minimum Gasteiger partial charge on any atom is -0.450 e. The maximum Gasteiger partial charge on any atom is 0.503 e. The van der Waals surface area contributed by atoms with Gasteiger partial charge < -0.3 is 20.4 Å². The second-order valence-corrected chi connectivity index (χ2v) is 2.71. The summed E-state index contributed by atoms with van der Waals surface area (Å²) >= 11 is 0. The van der Waals surface area contributed by atoms with Gasteiger partial charge in [0.2, 0.25) is 0 Å². The average Bonchev–Trinajstić information content (AvgIpc) is 2.17. The summed E-state index contributed by atoms with van der Waals surface area (Å²) in [6, 6.07) is 10.2. The summed E-state index contributed by atoms with van der Waals surface area (Å²) in [4.78, 5) is 17.1. The molecule has 0 heterocycles. The van der Waals surface area contributed by atoms with Gasteiger partial charge in [0, 0.05) is 0 Å². The standard InChI is InChI=1S/C9H10.2CH2O3/c1-8(2)9-6-4-3-5-7-9;2*2-1(3)4/h3-7H,1H2,2H3;2*(H2,2,3,4). The number of benzene rings is 1. The van der Waals surface area contributed by atoms with E-state index in [4.69, 9.17) is 30.0 Å². The number of carbonyl (C=O) groups is 2. The lowest BCUT2D eigenvalue weighted by Gasteiger charge is -1.94. The molecule has 0 aromatic heterocycles. The Morgan fingerprint density at radius 2 is 1.24 bits per heavy atom. The monoisotopic (exact) mass is 242 g/mol. The van der Waals surface area contributed by atoms with E-state index in [0.29, 0.717) is 0 Å². The maximum absolute atomic E-state index is 8.56. The van der Waals surface area contributed by atoms with Crippen LogP contribution < -0.4 is 0 Å². The summed E-state index contributed by atoms with van der Waals surface area (Å²) in [5.41, 5.74) is 2.34. The van der Waals surface area contributed by atoms with Crippen LogP contribution in [0.2, 0.25) is 0 Å². The molecule has 1 aromatic rings. The zero-order valence-corrected chi connectivity index (χ0v) is 9.20. The average molecular weight is 242 g/mol. The molecule has 6 heteroatoms. The van der Waals surface area contributed by atoms with Crippen LogP contribution in [0.15, 0.2) is 36.9 Å². The van der Waals surface area contributed by atoms with Gasteiger partial charge in [0.05, 0.1) is 0 Å². The van der Waals surface area contributed by atoms with Crippen LogP contribution in [0.1, 0.15) is 12.5 Å². The third kappa shape index (κ3) is 19.8. The molecular weight excluding hydrogens is 228 g/mol. The van der Waals surface area contributed by atoms with Crippen LogP contribution >= 0.6 is 0 Å². The van der Waals surface area contributed by atoms with Gasteiger partial charge in [0.1, 0.15) is 0 Å². The van der Waals surface area contributed by atoms with Crippen molar-refractivity contribution in [2.45, 2.75) is 6.92 Å². The molecule has 0 aliphatic rings. The van der Waals surface area contributed by atoms with Gasteiger partial charge in [-0.3, -0.25) is 0 Å². The molecule has 0 aliphatic heterocycles. The van der Waals surface area contributed by atoms with Gasteiger partial charge in [-0.1, -0.05) is 42.5 Å². The molecule has 1 rings (SSSR count). The fraction of sp³-hybridized carbons (Fsp3) is 0.0909. The first-order valence-corrected chi connectivity index (χ1v) is 4.32. The lowest BCUT2D eigenvalue weighted by atomic mass is 10.1. The highest BCUT2D eigenvalue weighted by atomic mass is 16.6. The van der Waals surface area contributed by atoms with Crippen LogP contribution in [0, 0.1) is 0 Å². The molecule has 6 nitrogen and oxygen atoms in total. The maximum atomic E-state index is 8.56. The predicted molar refractivity (Wildman–Crippen MR) is 62.5 cm³/mol. The Morgan fingerprint density at radius 1 is 0.941 bits per heavy atom. The molecule has 17 heavy (non-hydrogen) atoms. The Labute approximate surface area is 98.1 Å². The van der Waals surface area contributed by atoms with E-state index >= 15 is 0 Å². The molecule has 0 unspecified atom stereocenters. The van der Waals surface area contributed by atoms with Crippen molar-refractivity contribution in [1.29, 1.82) is 0 Å². The smallest absolute Gasteiger partial charge is 0.450 e. The van der Waals surface area contributed by atoms with Gasteiger partial charge in [-0.25, -0.2) is 9.59 Å². The Kier molecular flexibility index (Phi) is 9.98. The number of hydrogen-bond donors (Lipinski definition) is 4. The van der Waals surface area contributed by atoms with Gasteiger partial charge >= 0.3 is 12.3 Å². The number of carboxylic acid groups (broad SMARTS) is 4. The topological polar surface area (TPSA) is 115 Å². The van der Waals surface area contributed by atoms with Crippen molar-refractivity contribution in [3.8, 4) is 0 Å².